The van der Waals surface area contributed by atoms with Gasteiger partial charge in [-0.1, -0.05) is 30.9 Å². The van der Waals surface area contributed by atoms with E-state index in [2.05, 4.69) is 28.1 Å². The maximum absolute atomic E-state index is 5.98. The first kappa shape index (κ1) is 12.2. The number of nitrogens with one attached hydrogen (secondary N) is 1. The van der Waals surface area contributed by atoms with E-state index in [1.165, 1.54) is 0 Å². The number of rotatable bonds is 5. The summed E-state index contributed by atoms with van der Waals surface area (Å²) in [6.07, 6.45) is 9.75. The Morgan fingerprint density at radius 3 is 2.94 bits per heavy atom. The van der Waals surface area contributed by atoms with Crippen LogP contribution in [0.5, 0.6) is 0 Å². The van der Waals surface area contributed by atoms with Gasteiger partial charge in [-0.05, 0) is 19.3 Å². The Bertz CT molecular complexity index is 435. The van der Waals surface area contributed by atoms with E-state index in [0.717, 1.165) is 37.3 Å². The molecule has 0 amide bonds. The van der Waals surface area contributed by atoms with E-state index in [1.54, 1.807) is 6.07 Å². The number of terminal acetylenes is 1. The average molecular weight is 250 g/mol. The van der Waals surface area contributed by atoms with Crippen molar-refractivity contribution in [3.63, 3.8) is 0 Å². The number of halogens is 1. The Morgan fingerprint density at radius 1 is 1.59 bits per heavy atom. The molecule has 1 heterocycles. The molecule has 1 unspecified atom stereocenters. The standard InChI is InChI=1S/C13H16ClN3/c1-3-5-10(4-2)15-12-8-11(14)16-13(17-12)9-6-7-9/h2,8-10H,3,5-7H2,1H3,(H,15,16,17). The van der Waals surface area contributed by atoms with Crippen LogP contribution in [0.3, 0.4) is 0 Å². The lowest BCUT2D eigenvalue weighted by molar-refractivity contribution is 0.750. The zero-order valence-electron chi connectivity index (χ0n) is 9.91. The van der Waals surface area contributed by atoms with Gasteiger partial charge in [-0.2, -0.15) is 0 Å². The highest BCUT2D eigenvalue weighted by atomic mass is 35.5. The molecule has 0 spiro atoms. The summed E-state index contributed by atoms with van der Waals surface area (Å²) in [5, 5.41) is 3.70. The summed E-state index contributed by atoms with van der Waals surface area (Å²) in [6, 6.07) is 1.74. The van der Waals surface area contributed by atoms with Crippen molar-refractivity contribution in [2.24, 2.45) is 0 Å². The smallest absolute Gasteiger partial charge is 0.135 e. The van der Waals surface area contributed by atoms with Crippen LogP contribution in [0.4, 0.5) is 5.82 Å². The van der Waals surface area contributed by atoms with Gasteiger partial charge in [0.1, 0.15) is 16.8 Å². The molecular formula is C13H16ClN3. The lowest BCUT2D eigenvalue weighted by Gasteiger charge is -2.13. The van der Waals surface area contributed by atoms with Gasteiger partial charge in [0, 0.05) is 12.0 Å². The zero-order valence-corrected chi connectivity index (χ0v) is 10.7. The van der Waals surface area contributed by atoms with Crippen molar-refractivity contribution < 1.29 is 0 Å². The van der Waals surface area contributed by atoms with Crippen LogP contribution in [-0.2, 0) is 0 Å². The third-order valence-electron chi connectivity index (χ3n) is 2.76. The van der Waals surface area contributed by atoms with Gasteiger partial charge in [0.25, 0.3) is 0 Å². The number of nitrogens with zero attached hydrogens (tertiary/aromatic N) is 2. The summed E-state index contributed by atoms with van der Waals surface area (Å²) in [5.41, 5.74) is 0. The Balaban J connectivity index is 2.11. The molecule has 1 aromatic rings. The summed E-state index contributed by atoms with van der Waals surface area (Å²) >= 11 is 5.98. The predicted molar refractivity (Wildman–Crippen MR) is 70.2 cm³/mol. The number of hydrogen-bond acceptors (Lipinski definition) is 3. The molecular weight excluding hydrogens is 234 g/mol. The lowest BCUT2D eigenvalue weighted by Crippen LogP contribution is -2.18. The molecule has 0 saturated heterocycles. The zero-order chi connectivity index (χ0) is 12.3. The van der Waals surface area contributed by atoms with E-state index in [4.69, 9.17) is 18.0 Å². The first-order chi connectivity index (χ1) is 8.22. The highest BCUT2D eigenvalue weighted by molar-refractivity contribution is 6.29. The SMILES string of the molecule is C#CC(CCC)Nc1cc(Cl)nc(C2CC2)n1. The molecule has 1 fully saturated rings. The van der Waals surface area contributed by atoms with Crippen LogP contribution in [-0.4, -0.2) is 16.0 Å². The number of anilines is 1. The predicted octanol–water partition coefficient (Wildman–Crippen LogP) is 3.22. The molecule has 3 nitrogen and oxygen atoms in total. The van der Waals surface area contributed by atoms with Gasteiger partial charge in [0.15, 0.2) is 0 Å². The summed E-state index contributed by atoms with van der Waals surface area (Å²) in [7, 11) is 0. The second-order valence-corrected chi connectivity index (χ2v) is 4.75. The van der Waals surface area contributed by atoms with Crippen molar-refractivity contribution >= 4 is 17.4 Å². The molecule has 17 heavy (non-hydrogen) atoms. The summed E-state index contributed by atoms with van der Waals surface area (Å²) in [4.78, 5) is 8.70. The van der Waals surface area contributed by atoms with Gasteiger partial charge in [-0.3, -0.25) is 0 Å². The van der Waals surface area contributed by atoms with E-state index in [0.29, 0.717) is 11.1 Å². The van der Waals surface area contributed by atoms with Crippen LogP contribution in [0.2, 0.25) is 5.15 Å². The third-order valence-corrected chi connectivity index (χ3v) is 2.95. The molecule has 4 heteroatoms. The van der Waals surface area contributed by atoms with E-state index in [-0.39, 0.29) is 6.04 Å². The number of hydrogen-bond donors (Lipinski definition) is 1. The van der Waals surface area contributed by atoms with Crippen molar-refractivity contribution in [2.45, 2.75) is 44.6 Å². The van der Waals surface area contributed by atoms with Crippen LogP contribution in [0.1, 0.15) is 44.3 Å². The minimum absolute atomic E-state index is 0.0121. The summed E-state index contributed by atoms with van der Waals surface area (Å²) in [6.45, 7) is 2.11. The number of aromatic nitrogens is 2. The molecule has 0 bridgehead atoms. The largest absolute Gasteiger partial charge is 0.356 e. The molecule has 1 atom stereocenters. The van der Waals surface area contributed by atoms with Crippen molar-refractivity contribution in [1.82, 2.24) is 9.97 Å². The Hall–Kier alpha value is -1.27. The molecule has 1 N–H and O–H groups in total. The Labute approximate surface area is 107 Å². The van der Waals surface area contributed by atoms with Gasteiger partial charge >= 0.3 is 0 Å². The van der Waals surface area contributed by atoms with Gasteiger partial charge in [-0.15, -0.1) is 6.42 Å². The third kappa shape index (κ3) is 3.34. The highest BCUT2D eigenvalue weighted by Crippen LogP contribution is 2.38. The molecule has 1 aromatic heterocycles. The lowest BCUT2D eigenvalue weighted by atomic mass is 10.2. The molecule has 0 aromatic carbocycles. The molecule has 90 valence electrons. The fraction of sp³-hybridized carbons (Fsp3) is 0.538. The first-order valence-corrected chi connectivity index (χ1v) is 6.38. The van der Waals surface area contributed by atoms with Crippen LogP contribution < -0.4 is 5.32 Å². The van der Waals surface area contributed by atoms with Crippen molar-refractivity contribution in [3.8, 4) is 12.3 Å². The van der Waals surface area contributed by atoms with E-state index in [9.17, 15) is 0 Å². The monoisotopic (exact) mass is 249 g/mol. The average Bonchev–Trinajstić information content (AvgIpc) is 3.11. The molecule has 0 radical (unpaired) electrons. The van der Waals surface area contributed by atoms with Gasteiger partial charge in [0.05, 0.1) is 6.04 Å². The van der Waals surface area contributed by atoms with Crippen LogP contribution in [0.25, 0.3) is 0 Å². The quantitative estimate of drug-likeness (QED) is 0.643. The fourth-order valence-electron chi connectivity index (χ4n) is 1.70. The van der Waals surface area contributed by atoms with Gasteiger partial charge < -0.3 is 5.32 Å². The van der Waals surface area contributed by atoms with Gasteiger partial charge in [0.2, 0.25) is 0 Å². The van der Waals surface area contributed by atoms with Crippen molar-refractivity contribution in [3.05, 3.63) is 17.0 Å². The molecule has 1 saturated carbocycles. The maximum atomic E-state index is 5.98. The minimum atomic E-state index is 0.0121. The minimum Gasteiger partial charge on any atom is -0.356 e. The highest BCUT2D eigenvalue weighted by Gasteiger charge is 2.27. The fourth-order valence-corrected chi connectivity index (χ4v) is 1.89. The first-order valence-electron chi connectivity index (χ1n) is 6.00. The van der Waals surface area contributed by atoms with E-state index in [1.807, 2.05) is 0 Å². The Kier molecular flexibility index (Phi) is 3.86. The van der Waals surface area contributed by atoms with Crippen molar-refractivity contribution in [2.75, 3.05) is 5.32 Å². The second kappa shape index (κ2) is 5.37. The molecule has 1 aliphatic carbocycles. The molecule has 1 aliphatic rings. The maximum Gasteiger partial charge on any atom is 0.135 e. The van der Waals surface area contributed by atoms with Crippen LogP contribution in [0, 0.1) is 12.3 Å². The van der Waals surface area contributed by atoms with E-state index >= 15 is 0 Å². The second-order valence-electron chi connectivity index (χ2n) is 4.36. The van der Waals surface area contributed by atoms with Crippen LogP contribution in [0.15, 0.2) is 6.07 Å². The van der Waals surface area contributed by atoms with Gasteiger partial charge in [-0.25, -0.2) is 9.97 Å². The van der Waals surface area contributed by atoms with Crippen molar-refractivity contribution in [1.29, 1.82) is 0 Å². The van der Waals surface area contributed by atoms with E-state index < -0.39 is 0 Å². The molecule has 2 rings (SSSR count). The topological polar surface area (TPSA) is 37.8 Å². The summed E-state index contributed by atoms with van der Waals surface area (Å²) < 4.78 is 0. The van der Waals surface area contributed by atoms with Crippen LogP contribution >= 0.6 is 11.6 Å². The normalized spacial score (nSPS) is 16.3. The summed E-state index contributed by atoms with van der Waals surface area (Å²) in [5.74, 6) is 4.79. The Morgan fingerprint density at radius 2 is 2.35 bits per heavy atom. The molecule has 0 aliphatic heterocycles.